The summed E-state index contributed by atoms with van der Waals surface area (Å²) in [7, 11) is 1.88. The highest BCUT2D eigenvalue weighted by Crippen LogP contribution is 2.13. The highest BCUT2D eigenvalue weighted by Gasteiger charge is 2.21. The van der Waals surface area contributed by atoms with Crippen LogP contribution in [0.2, 0.25) is 0 Å². The van der Waals surface area contributed by atoms with Gasteiger partial charge in [0.2, 0.25) is 5.91 Å². The number of anilines is 1. The van der Waals surface area contributed by atoms with Crippen LogP contribution in [0.25, 0.3) is 0 Å². The Morgan fingerprint density at radius 2 is 2.33 bits per heavy atom. The fourth-order valence-corrected chi connectivity index (χ4v) is 2.35. The standard InChI is InChI=1S/C15H22FN3O2/c1-11-3-4-12(7-14(11)16)18-15(20)10-19-5-6-21-13(9-19)8-17-2/h3-4,7,13,17H,5-6,8-10H2,1-2H3,(H,18,20). The zero-order valence-electron chi connectivity index (χ0n) is 12.5. The quantitative estimate of drug-likeness (QED) is 0.851. The number of nitrogens with zero attached hydrogens (tertiary/aromatic N) is 1. The van der Waals surface area contributed by atoms with Gasteiger partial charge in [-0.1, -0.05) is 6.07 Å². The van der Waals surface area contributed by atoms with Crippen molar-refractivity contribution in [2.24, 2.45) is 0 Å². The largest absolute Gasteiger partial charge is 0.374 e. The van der Waals surface area contributed by atoms with E-state index in [-0.39, 0.29) is 17.8 Å². The van der Waals surface area contributed by atoms with E-state index in [1.807, 2.05) is 11.9 Å². The molecule has 1 unspecified atom stereocenters. The molecule has 0 radical (unpaired) electrons. The summed E-state index contributed by atoms with van der Waals surface area (Å²) in [5.74, 6) is -0.448. The number of carbonyl (C=O) groups is 1. The van der Waals surface area contributed by atoms with Crippen molar-refractivity contribution >= 4 is 11.6 Å². The van der Waals surface area contributed by atoms with E-state index in [0.29, 0.717) is 24.4 Å². The van der Waals surface area contributed by atoms with Gasteiger partial charge in [-0.2, -0.15) is 0 Å². The number of rotatable bonds is 5. The van der Waals surface area contributed by atoms with Gasteiger partial charge >= 0.3 is 0 Å². The summed E-state index contributed by atoms with van der Waals surface area (Å²) in [6.45, 7) is 4.82. The molecule has 1 heterocycles. The molecule has 5 nitrogen and oxygen atoms in total. The molecule has 2 rings (SSSR count). The molecular formula is C15H22FN3O2. The highest BCUT2D eigenvalue weighted by molar-refractivity contribution is 5.92. The normalized spacial score (nSPS) is 19.5. The number of ether oxygens (including phenoxy) is 1. The maximum atomic E-state index is 13.4. The lowest BCUT2D eigenvalue weighted by molar-refractivity contribution is -0.119. The monoisotopic (exact) mass is 295 g/mol. The molecular weight excluding hydrogens is 273 g/mol. The molecule has 1 aromatic rings. The third-order valence-electron chi connectivity index (χ3n) is 3.48. The summed E-state index contributed by atoms with van der Waals surface area (Å²) in [5.41, 5.74) is 1.05. The van der Waals surface area contributed by atoms with Gasteiger partial charge in [0.25, 0.3) is 0 Å². The number of amides is 1. The predicted octanol–water partition coefficient (Wildman–Crippen LogP) is 0.993. The molecule has 1 amide bonds. The molecule has 116 valence electrons. The number of hydrogen-bond donors (Lipinski definition) is 2. The van der Waals surface area contributed by atoms with Gasteiger partial charge in [0.15, 0.2) is 0 Å². The van der Waals surface area contributed by atoms with E-state index < -0.39 is 0 Å². The van der Waals surface area contributed by atoms with Crippen molar-refractivity contribution in [3.63, 3.8) is 0 Å². The molecule has 0 bridgehead atoms. The summed E-state index contributed by atoms with van der Waals surface area (Å²) < 4.78 is 19.0. The maximum absolute atomic E-state index is 13.4. The number of carbonyl (C=O) groups excluding carboxylic acids is 1. The lowest BCUT2D eigenvalue weighted by Gasteiger charge is -2.32. The lowest BCUT2D eigenvalue weighted by atomic mass is 10.2. The van der Waals surface area contributed by atoms with E-state index in [9.17, 15) is 9.18 Å². The van der Waals surface area contributed by atoms with Crippen molar-refractivity contribution in [1.82, 2.24) is 10.2 Å². The third-order valence-corrected chi connectivity index (χ3v) is 3.48. The van der Waals surface area contributed by atoms with E-state index >= 15 is 0 Å². The molecule has 6 heteroatoms. The van der Waals surface area contributed by atoms with Crippen molar-refractivity contribution in [2.75, 3.05) is 45.2 Å². The van der Waals surface area contributed by atoms with Crippen LogP contribution in [0.5, 0.6) is 0 Å². The van der Waals surface area contributed by atoms with Gasteiger partial charge in [-0.05, 0) is 31.7 Å². The van der Waals surface area contributed by atoms with E-state index in [1.165, 1.54) is 6.07 Å². The maximum Gasteiger partial charge on any atom is 0.238 e. The number of aryl methyl sites for hydroxylation is 1. The first-order valence-electron chi connectivity index (χ1n) is 7.13. The summed E-state index contributed by atoms with van der Waals surface area (Å²) in [4.78, 5) is 14.1. The van der Waals surface area contributed by atoms with Gasteiger partial charge in [0.1, 0.15) is 5.82 Å². The topological polar surface area (TPSA) is 53.6 Å². The Morgan fingerprint density at radius 1 is 1.52 bits per heavy atom. The second-order valence-electron chi connectivity index (χ2n) is 5.30. The zero-order chi connectivity index (χ0) is 15.2. The highest BCUT2D eigenvalue weighted by atomic mass is 19.1. The Kier molecular flexibility index (Phi) is 5.67. The molecule has 1 atom stereocenters. The first-order chi connectivity index (χ1) is 10.1. The second kappa shape index (κ2) is 7.49. The molecule has 1 saturated heterocycles. The average molecular weight is 295 g/mol. The molecule has 1 aliphatic rings. The minimum atomic E-state index is -0.312. The smallest absolute Gasteiger partial charge is 0.238 e. The van der Waals surface area contributed by atoms with Gasteiger partial charge in [0, 0.05) is 25.3 Å². The number of nitrogens with one attached hydrogen (secondary N) is 2. The Balaban J connectivity index is 1.84. The number of benzene rings is 1. The van der Waals surface area contributed by atoms with E-state index in [0.717, 1.165) is 19.6 Å². The van der Waals surface area contributed by atoms with E-state index in [4.69, 9.17) is 4.74 Å². The predicted molar refractivity (Wildman–Crippen MR) is 79.9 cm³/mol. The fraction of sp³-hybridized carbons (Fsp3) is 0.533. The lowest BCUT2D eigenvalue weighted by Crippen LogP contribution is -2.48. The van der Waals surface area contributed by atoms with Gasteiger partial charge in [-0.3, -0.25) is 9.69 Å². The Labute approximate surface area is 124 Å². The third kappa shape index (κ3) is 4.77. The zero-order valence-corrected chi connectivity index (χ0v) is 12.5. The van der Waals surface area contributed by atoms with Crippen LogP contribution < -0.4 is 10.6 Å². The Bertz CT molecular complexity index is 494. The van der Waals surface area contributed by atoms with Crippen molar-refractivity contribution in [3.05, 3.63) is 29.6 Å². The minimum absolute atomic E-state index is 0.105. The van der Waals surface area contributed by atoms with Crippen molar-refractivity contribution in [2.45, 2.75) is 13.0 Å². The van der Waals surface area contributed by atoms with Gasteiger partial charge < -0.3 is 15.4 Å². The van der Waals surface area contributed by atoms with E-state index in [2.05, 4.69) is 10.6 Å². The molecule has 1 aliphatic heterocycles. The summed E-state index contributed by atoms with van der Waals surface area (Å²) >= 11 is 0. The van der Waals surface area contributed by atoms with Crippen LogP contribution in [0.1, 0.15) is 5.56 Å². The van der Waals surface area contributed by atoms with Crippen LogP contribution in [-0.4, -0.2) is 56.7 Å². The summed E-state index contributed by atoms with van der Waals surface area (Å²) in [6.07, 6.45) is 0.105. The van der Waals surface area contributed by atoms with Gasteiger partial charge in [-0.15, -0.1) is 0 Å². The molecule has 0 aromatic heterocycles. The molecule has 0 aliphatic carbocycles. The molecule has 0 spiro atoms. The van der Waals surface area contributed by atoms with Gasteiger partial charge in [-0.25, -0.2) is 4.39 Å². The average Bonchev–Trinajstić information content (AvgIpc) is 2.43. The summed E-state index contributed by atoms with van der Waals surface area (Å²) in [5, 5.41) is 5.80. The molecule has 0 saturated carbocycles. The van der Waals surface area contributed by atoms with Crippen molar-refractivity contribution < 1.29 is 13.9 Å². The number of morpholine rings is 1. The number of halogens is 1. The molecule has 21 heavy (non-hydrogen) atoms. The Hall–Kier alpha value is -1.50. The van der Waals surface area contributed by atoms with Crippen LogP contribution in [0.15, 0.2) is 18.2 Å². The second-order valence-corrected chi connectivity index (χ2v) is 5.30. The molecule has 1 fully saturated rings. The van der Waals surface area contributed by atoms with Crippen LogP contribution >= 0.6 is 0 Å². The van der Waals surface area contributed by atoms with Gasteiger partial charge in [0.05, 0.1) is 19.3 Å². The van der Waals surface area contributed by atoms with Crippen molar-refractivity contribution in [3.8, 4) is 0 Å². The summed E-state index contributed by atoms with van der Waals surface area (Å²) in [6, 6.07) is 4.71. The SMILES string of the molecule is CNCC1CN(CC(=O)Nc2ccc(C)c(F)c2)CCO1. The van der Waals surface area contributed by atoms with Crippen molar-refractivity contribution in [1.29, 1.82) is 0 Å². The van der Waals surface area contributed by atoms with Crippen LogP contribution in [-0.2, 0) is 9.53 Å². The first kappa shape index (κ1) is 15.9. The number of likely N-dealkylation sites (N-methyl/N-ethyl adjacent to an activating group) is 1. The van der Waals surface area contributed by atoms with Crippen LogP contribution in [0.4, 0.5) is 10.1 Å². The minimum Gasteiger partial charge on any atom is -0.374 e. The molecule has 1 aromatic carbocycles. The fourth-order valence-electron chi connectivity index (χ4n) is 2.35. The van der Waals surface area contributed by atoms with E-state index in [1.54, 1.807) is 19.1 Å². The first-order valence-corrected chi connectivity index (χ1v) is 7.13. The molecule has 2 N–H and O–H groups in total. The van der Waals surface area contributed by atoms with Crippen LogP contribution in [0.3, 0.4) is 0 Å². The Morgan fingerprint density at radius 3 is 3.05 bits per heavy atom. The van der Waals surface area contributed by atoms with Crippen LogP contribution in [0, 0.1) is 12.7 Å². The number of hydrogen-bond acceptors (Lipinski definition) is 4.